The fourth-order valence-corrected chi connectivity index (χ4v) is 5.19. The van der Waals surface area contributed by atoms with Crippen molar-refractivity contribution in [1.29, 1.82) is 0 Å². The monoisotopic (exact) mass is 681 g/mol. The molecular weight excluding hydrogens is 626 g/mol. The van der Waals surface area contributed by atoms with Crippen molar-refractivity contribution in [1.82, 2.24) is 31.9 Å². The number of pyridine rings is 1. The summed E-state index contributed by atoms with van der Waals surface area (Å²) in [5.41, 5.74) is 0.0543. The largest absolute Gasteiger partial charge is 0.619 e. The number of carbonyl (C=O) groups is 5. The van der Waals surface area contributed by atoms with Crippen LogP contribution in [0.15, 0.2) is 18.5 Å². The molecule has 6 atom stereocenters. The van der Waals surface area contributed by atoms with Crippen molar-refractivity contribution >= 4 is 41.1 Å². The van der Waals surface area contributed by atoms with Gasteiger partial charge in [0.15, 0.2) is 12.4 Å². The summed E-state index contributed by atoms with van der Waals surface area (Å²) in [6.07, 6.45) is 4.36. The Labute approximate surface area is 284 Å². The molecule has 0 aromatic carbocycles. The molecule has 6 N–H and O–H groups in total. The molecule has 0 saturated carbocycles. The van der Waals surface area contributed by atoms with Gasteiger partial charge in [-0.15, -0.1) is 0 Å². The summed E-state index contributed by atoms with van der Waals surface area (Å²) in [4.78, 5) is 65.5. The fourth-order valence-electron chi connectivity index (χ4n) is 4.95. The van der Waals surface area contributed by atoms with Gasteiger partial charge in [0.1, 0.15) is 23.1 Å². The maximum atomic E-state index is 13.6. The second kappa shape index (κ2) is 20.7. The van der Waals surface area contributed by atoms with E-state index < -0.39 is 36.0 Å². The minimum absolute atomic E-state index is 0.0510. The molecule has 266 valence electrons. The van der Waals surface area contributed by atoms with E-state index in [4.69, 9.17) is 11.6 Å². The second-order valence-electron chi connectivity index (χ2n) is 12.8. The van der Waals surface area contributed by atoms with E-state index in [1.54, 1.807) is 6.92 Å². The molecule has 0 aliphatic carbocycles. The normalized spacial score (nSPS) is 15.1. The van der Waals surface area contributed by atoms with Crippen LogP contribution in [0.5, 0.6) is 0 Å². The highest BCUT2D eigenvalue weighted by molar-refractivity contribution is 6.33. The third-order valence-electron chi connectivity index (χ3n) is 7.89. The highest BCUT2D eigenvalue weighted by Gasteiger charge is 2.32. The third-order valence-corrected chi connectivity index (χ3v) is 8.19. The number of likely N-dealkylation sites (N-methyl/N-ethyl adjacent to an activating group) is 1. The molecule has 13 nitrogen and oxygen atoms in total. The van der Waals surface area contributed by atoms with Gasteiger partial charge >= 0.3 is 0 Å². The minimum atomic E-state index is -0.961. The van der Waals surface area contributed by atoms with Crippen molar-refractivity contribution in [3.8, 4) is 0 Å². The Hall–Kier alpha value is -3.45. The molecule has 1 aromatic heterocycles. The molecule has 0 fully saturated rings. The van der Waals surface area contributed by atoms with Gasteiger partial charge in [0.05, 0.1) is 11.6 Å². The first-order chi connectivity index (χ1) is 22.1. The molecule has 0 aliphatic rings. The Bertz CT molecular complexity index is 1200. The van der Waals surface area contributed by atoms with Gasteiger partial charge < -0.3 is 37.1 Å². The van der Waals surface area contributed by atoms with E-state index in [0.717, 1.165) is 12.4 Å². The van der Waals surface area contributed by atoms with E-state index in [2.05, 4.69) is 31.9 Å². The highest BCUT2D eigenvalue weighted by Crippen LogP contribution is 2.15. The second-order valence-corrected chi connectivity index (χ2v) is 13.2. The lowest BCUT2D eigenvalue weighted by Gasteiger charge is -2.29. The summed E-state index contributed by atoms with van der Waals surface area (Å²) in [6.45, 7) is 17.6. The Kier molecular flexibility index (Phi) is 18.3. The van der Waals surface area contributed by atoms with E-state index in [1.807, 2.05) is 55.4 Å². The van der Waals surface area contributed by atoms with Crippen molar-refractivity contribution < 1.29 is 28.7 Å². The molecule has 0 spiro atoms. The van der Waals surface area contributed by atoms with E-state index in [-0.39, 0.29) is 58.6 Å². The molecule has 0 aliphatic heterocycles. The van der Waals surface area contributed by atoms with Gasteiger partial charge in [-0.1, -0.05) is 72.9 Å². The summed E-state index contributed by atoms with van der Waals surface area (Å²) >= 11 is 6.09. The van der Waals surface area contributed by atoms with Gasteiger partial charge in [-0.3, -0.25) is 24.0 Å². The van der Waals surface area contributed by atoms with Gasteiger partial charge in [0.25, 0.3) is 5.91 Å². The third kappa shape index (κ3) is 14.1. The Morgan fingerprint density at radius 1 is 0.851 bits per heavy atom. The van der Waals surface area contributed by atoms with Crippen LogP contribution in [-0.4, -0.2) is 72.8 Å². The summed E-state index contributed by atoms with van der Waals surface area (Å²) in [5, 5.41) is 28.8. The predicted molar refractivity (Wildman–Crippen MR) is 182 cm³/mol. The summed E-state index contributed by atoms with van der Waals surface area (Å²) in [6, 6.07) is -2.21. The molecule has 5 amide bonds. The zero-order valence-corrected chi connectivity index (χ0v) is 30.1. The Morgan fingerprint density at radius 2 is 1.51 bits per heavy atom. The van der Waals surface area contributed by atoms with Crippen molar-refractivity contribution in [3.63, 3.8) is 0 Å². The van der Waals surface area contributed by atoms with Gasteiger partial charge in [0, 0.05) is 25.2 Å². The van der Waals surface area contributed by atoms with Crippen LogP contribution < -0.4 is 36.6 Å². The van der Waals surface area contributed by atoms with Crippen LogP contribution in [0.25, 0.3) is 0 Å². The van der Waals surface area contributed by atoms with Crippen molar-refractivity contribution in [2.45, 2.75) is 118 Å². The molecule has 1 heterocycles. The van der Waals surface area contributed by atoms with Crippen molar-refractivity contribution in [2.24, 2.45) is 17.8 Å². The minimum Gasteiger partial charge on any atom is -0.619 e. The molecule has 1 aromatic rings. The topological polar surface area (TPSA) is 184 Å². The molecule has 0 bridgehead atoms. The molecule has 47 heavy (non-hydrogen) atoms. The van der Waals surface area contributed by atoms with Gasteiger partial charge in [-0.25, -0.2) is 0 Å². The smallest absolute Gasteiger partial charge is 0.253 e. The van der Waals surface area contributed by atoms with Gasteiger partial charge in [-0.05, 0) is 44.4 Å². The number of carbonyl (C=O) groups excluding carboxylic acids is 5. The van der Waals surface area contributed by atoms with Crippen LogP contribution in [0.2, 0.25) is 5.02 Å². The lowest BCUT2D eigenvalue weighted by molar-refractivity contribution is -0.605. The quantitative estimate of drug-likeness (QED) is 0.0900. The van der Waals surface area contributed by atoms with Crippen LogP contribution in [0.3, 0.4) is 0 Å². The average Bonchev–Trinajstić information content (AvgIpc) is 2.99. The number of nitrogens with one attached hydrogen (secondary N) is 6. The Balaban J connectivity index is 3.01. The van der Waals surface area contributed by atoms with E-state index in [0.29, 0.717) is 37.0 Å². The lowest BCUT2D eigenvalue weighted by Crippen LogP contribution is -2.58. The SMILES string of the molecule is CCC[C@H](NC(=O)[C@@H](NC(=O)c1cc[n+]([O-])cc1Cl)[C@@H](C)CC)C(=O)N[C@H](CN[C@@H](C)C(=O)N[C@H](C(=O)NCC)C(C)C)CC(C)C. The number of nitrogens with zero attached hydrogens (tertiary/aromatic N) is 1. The zero-order chi connectivity index (χ0) is 35.8. The summed E-state index contributed by atoms with van der Waals surface area (Å²) in [5.74, 6) is -2.23. The van der Waals surface area contributed by atoms with Gasteiger partial charge in [0.2, 0.25) is 23.6 Å². The van der Waals surface area contributed by atoms with Crippen LogP contribution >= 0.6 is 11.6 Å². The molecular formula is C33H56ClN7O6. The lowest BCUT2D eigenvalue weighted by atomic mass is 9.97. The standard InChI is InChI=1S/C33H56ClN7O6/c1-10-13-26(38-33(46)28(21(8)11-2)40-30(43)24-14-15-41(47)18-25(24)34)31(44)37-23(16-19(4)5)17-36-22(9)29(42)39-27(20(6)7)32(45)35-12-3/h14-15,18-23,26-28,36H,10-13,16-17H2,1-9H3,(H,35,45)(H,37,44)(H,38,46)(H,39,42)(H,40,43)/t21-,22-,23-,26-,27-,28-/m0/s1. The maximum Gasteiger partial charge on any atom is 0.253 e. The van der Waals surface area contributed by atoms with Crippen LogP contribution in [-0.2, 0) is 19.2 Å². The van der Waals surface area contributed by atoms with Gasteiger partial charge in [-0.2, -0.15) is 4.73 Å². The number of amides is 5. The Morgan fingerprint density at radius 3 is 2.04 bits per heavy atom. The number of hydrogen-bond donors (Lipinski definition) is 6. The number of aromatic nitrogens is 1. The first-order valence-corrected chi connectivity index (χ1v) is 17.0. The zero-order valence-electron chi connectivity index (χ0n) is 29.4. The average molecular weight is 682 g/mol. The molecule has 0 saturated heterocycles. The molecule has 1 rings (SSSR count). The fraction of sp³-hybridized carbons (Fsp3) is 0.697. The number of rotatable bonds is 20. The molecule has 14 heteroatoms. The number of hydrogen-bond acceptors (Lipinski definition) is 7. The summed E-state index contributed by atoms with van der Waals surface area (Å²) < 4.78 is 0.472. The van der Waals surface area contributed by atoms with Crippen molar-refractivity contribution in [3.05, 3.63) is 34.3 Å². The molecule has 0 unspecified atom stereocenters. The van der Waals surface area contributed by atoms with Crippen molar-refractivity contribution in [2.75, 3.05) is 13.1 Å². The predicted octanol–water partition coefficient (Wildman–Crippen LogP) is 2.19. The highest BCUT2D eigenvalue weighted by atomic mass is 35.5. The van der Waals surface area contributed by atoms with E-state index in [9.17, 15) is 29.2 Å². The first kappa shape index (κ1) is 41.6. The van der Waals surface area contributed by atoms with Crippen LogP contribution in [0.4, 0.5) is 0 Å². The summed E-state index contributed by atoms with van der Waals surface area (Å²) in [7, 11) is 0. The first-order valence-electron chi connectivity index (χ1n) is 16.7. The molecule has 0 radical (unpaired) electrons. The van der Waals surface area contributed by atoms with E-state index >= 15 is 0 Å². The van der Waals surface area contributed by atoms with Crippen LogP contribution in [0, 0.1) is 23.0 Å². The van der Waals surface area contributed by atoms with Crippen LogP contribution in [0.1, 0.15) is 98.4 Å². The maximum absolute atomic E-state index is 13.6. The number of halogens is 1. The van der Waals surface area contributed by atoms with E-state index in [1.165, 1.54) is 6.07 Å².